The van der Waals surface area contributed by atoms with Crippen LogP contribution in [0.2, 0.25) is 5.02 Å². The fraction of sp³-hybridized carbons (Fsp3) is 0.200. The first-order valence-corrected chi connectivity index (χ1v) is 8.30. The minimum absolute atomic E-state index is 0.193. The molecule has 0 aliphatic rings. The Labute approximate surface area is 129 Å². The van der Waals surface area contributed by atoms with Gasteiger partial charge in [0.15, 0.2) is 0 Å². The van der Waals surface area contributed by atoms with Crippen molar-refractivity contribution in [2.24, 2.45) is 0 Å². The zero-order valence-electron chi connectivity index (χ0n) is 11.8. The van der Waals surface area contributed by atoms with E-state index in [1.165, 1.54) is 6.07 Å². The van der Waals surface area contributed by atoms with Crippen molar-refractivity contribution in [2.45, 2.75) is 18.7 Å². The van der Waals surface area contributed by atoms with Gasteiger partial charge in [-0.3, -0.25) is 4.72 Å². The summed E-state index contributed by atoms with van der Waals surface area (Å²) in [7, 11) is -3.63. The predicted molar refractivity (Wildman–Crippen MR) is 84.6 cm³/mol. The minimum atomic E-state index is -3.63. The van der Waals surface area contributed by atoms with E-state index in [-0.39, 0.29) is 4.90 Å². The van der Waals surface area contributed by atoms with E-state index in [1.807, 2.05) is 13.8 Å². The lowest BCUT2D eigenvalue weighted by Crippen LogP contribution is -2.13. The van der Waals surface area contributed by atoms with Crippen LogP contribution in [0, 0.1) is 6.92 Å². The Hall–Kier alpha value is -1.72. The molecule has 2 aromatic carbocycles. The van der Waals surface area contributed by atoms with E-state index in [0.717, 1.165) is 5.56 Å². The van der Waals surface area contributed by atoms with Gasteiger partial charge in [-0.2, -0.15) is 0 Å². The van der Waals surface area contributed by atoms with Gasteiger partial charge in [0.1, 0.15) is 5.75 Å². The molecule has 0 saturated heterocycles. The van der Waals surface area contributed by atoms with Crippen molar-refractivity contribution in [3.63, 3.8) is 0 Å². The van der Waals surface area contributed by atoms with Gasteiger partial charge >= 0.3 is 0 Å². The molecule has 0 radical (unpaired) electrons. The standard InChI is InChI=1S/C15H16ClNO3S/c1-3-20-15-9-8-14(10-11(15)2)21(18,19)17-13-6-4-12(16)5-7-13/h4-10,17H,3H2,1-2H3. The molecule has 2 aromatic rings. The second kappa shape index (κ2) is 6.37. The van der Waals surface area contributed by atoms with Gasteiger partial charge in [-0.05, 0) is 61.9 Å². The lowest BCUT2D eigenvalue weighted by Gasteiger charge is -2.11. The summed E-state index contributed by atoms with van der Waals surface area (Å²) in [5, 5.41) is 0.551. The Morgan fingerprint density at radius 3 is 2.38 bits per heavy atom. The predicted octanol–water partition coefficient (Wildman–Crippen LogP) is 3.85. The number of hydrogen-bond acceptors (Lipinski definition) is 3. The van der Waals surface area contributed by atoms with Crippen LogP contribution in [0.4, 0.5) is 5.69 Å². The molecule has 0 unspecified atom stereocenters. The monoisotopic (exact) mass is 325 g/mol. The lowest BCUT2D eigenvalue weighted by atomic mass is 10.2. The summed E-state index contributed by atoms with van der Waals surface area (Å²) in [6, 6.07) is 11.3. The van der Waals surface area contributed by atoms with E-state index in [2.05, 4.69) is 4.72 Å². The summed E-state index contributed by atoms with van der Waals surface area (Å²) < 4.78 is 32.6. The van der Waals surface area contributed by atoms with Crippen molar-refractivity contribution in [2.75, 3.05) is 11.3 Å². The molecule has 0 atom stereocenters. The van der Waals surface area contributed by atoms with Crippen LogP contribution in [0.25, 0.3) is 0 Å². The van der Waals surface area contributed by atoms with Crippen LogP contribution in [0.3, 0.4) is 0 Å². The maximum Gasteiger partial charge on any atom is 0.261 e. The average molecular weight is 326 g/mol. The Kier molecular flexibility index (Phi) is 4.75. The minimum Gasteiger partial charge on any atom is -0.494 e. The molecule has 0 saturated carbocycles. The van der Waals surface area contributed by atoms with Crippen molar-refractivity contribution in [3.8, 4) is 5.75 Å². The molecule has 0 aliphatic carbocycles. The Balaban J connectivity index is 2.27. The zero-order chi connectivity index (χ0) is 15.5. The highest BCUT2D eigenvalue weighted by Gasteiger charge is 2.15. The largest absolute Gasteiger partial charge is 0.494 e. The summed E-state index contributed by atoms with van der Waals surface area (Å²) in [5.41, 5.74) is 1.24. The van der Waals surface area contributed by atoms with E-state index < -0.39 is 10.0 Å². The summed E-state index contributed by atoms with van der Waals surface area (Å²) in [4.78, 5) is 0.193. The highest BCUT2D eigenvalue weighted by molar-refractivity contribution is 7.92. The number of rotatable bonds is 5. The van der Waals surface area contributed by atoms with E-state index in [1.54, 1.807) is 36.4 Å². The Morgan fingerprint density at radius 2 is 1.81 bits per heavy atom. The van der Waals surface area contributed by atoms with E-state index in [4.69, 9.17) is 16.3 Å². The molecular formula is C15H16ClNO3S. The van der Waals surface area contributed by atoms with Crippen molar-refractivity contribution in [3.05, 3.63) is 53.1 Å². The Morgan fingerprint density at radius 1 is 1.14 bits per heavy atom. The highest BCUT2D eigenvalue weighted by atomic mass is 35.5. The third-order valence-electron chi connectivity index (χ3n) is 2.85. The molecule has 0 amide bonds. The first-order valence-electron chi connectivity index (χ1n) is 6.44. The van der Waals surface area contributed by atoms with Gasteiger partial charge in [-0.25, -0.2) is 8.42 Å². The zero-order valence-corrected chi connectivity index (χ0v) is 13.3. The molecule has 0 heterocycles. The van der Waals surface area contributed by atoms with E-state index >= 15 is 0 Å². The van der Waals surface area contributed by atoms with Crippen molar-refractivity contribution in [1.82, 2.24) is 0 Å². The maximum atomic E-state index is 12.3. The number of anilines is 1. The van der Waals surface area contributed by atoms with Gasteiger partial charge < -0.3 is 4.74 Å². The van der Waals surface area contributed by atoms with Gasteiger partial charge in [0, 0.05) is 10.7 Å². The molecule has 6 heteroatoms. The molecule has 4 nitrogen and oxygen atoms in total. The molecule has 0 aliphatic heterocycles. The molecule has 0 bridgehead atoms. The van der Waals surface area contributed by atoms with Crippen LogP contribution in [0.1, 0.15) is 12.5 Å². The molecule has 112 valence electrons. The number of aryl methyl sites for hydroxylation is 1. The molecule has 21 heavy (non-hydrogen) atoms. The van der Waals surface area contributed by atoms with E-state index in [0.29, 0.717) is 23.1 Å². The lowest BCUT2D eigenvalue weighted by molar-refractivity contribution is 0.337. The topological polar surface area (TPSA) is 55.4 Å². The van der Waals surface area contributed by atoms with Crippen LogP contribution >= 0.6 is 11.6 Å². The number of halogens is 1. The first-order chi connectivity index (χ1) is 9.92. The fourth-order valence-corrected chi connectivity index (χ4v) is 3.11. The first kappa shape index (κ1) is 15.7. The van der Waals surface area contributed by atoms with Gasteiger partial charge in [-0.15, -0.1) is 0 Å². The fourth-order valence-electron chi connectivity index (χ4n) is 1.84. The second-order valence-electron chi connectivity index (χ2n) is 4.47. The summed E-state index contributed by atoms with van der Waals surface area (Å²) in [6.07, 6.45) is 0. The molecule has 2 rings (SSSR count). The smallest absolute Gasteiger partial charge is 0.261 e. The Bertz CT molecular complexity index is 727. The van der Waals surface area contributed by atoms with Crippen LogP contribution in [-0.4, -0.2) is 15.0 Å². The van der Waals surface area contributed by atoms with Gasteiger partial charge in [0.25, 0.3) is 10.0 Å². The number of sulfonamides is 1. The van der Waals surface area contributed by atoms with Crippen molar-refractivity contribution in [1.29, 1.82) is 0 Å². The normalized spacial score (nSPS) is 11.2. The molecular weight excluding hydrogens is 310 g/mol. The summed E-state index contributed by atoms with van der Waals surface area (Å²) in [6.45, 7) is 4.23. The van der Waals surface area contributed by atoms with Gasteiger partial charge in [0.05, 0.1) is 11.5 Å². The number of ether oxygens (including phenoxy) is 1. The van der Waals surface area contributed by atoms with Crippen LogP contribution in [-0.2, 0) is 10.0 Å². The number of benzene rings is 2. The van der Waals surface area contributed by atoms with Crippen LogP contribution in [0.15, 0.2) is 47.4 Å². The average Bonchev–Trinajstić information content (AvgIpc) is 2.43. The van der Waals surface area contributed by atoms with Gasteiger partial charge in [0.2, 0.25) is 0 Å². The molecule has 1 N–H and O–H groups in total. The quantitative estimate of drug-likeness (QED) is 0.908. The SMILES string of the molecule is CCOc1ccc(S(=O)(=O)Nc2ccc(Cl)cc2)cc1C. The maximum absolute atomic E-state index is 12.3. The number of hydrogen-bond donors (Lipinski definition) is 1. The number of nitrogens with one attached hydrogen (secondary N) is 1. The summed E-state index contributed by atoms with van der Waals surface area (Å²) in [5.74, 6) is 0.683. The molecule has 0 spiro atoms. The molecule has 0 aromatic heterocycles. The molecule has 0 fully saturated rings. The van der Waals surface area contributed by atoms with E-state index in [9.17, 15) is 8.42 Å². The third kappa shape index (κ3) is 3.89. The third-order valence-corrected chi connectivity index (χ3v) is 4.48. The van der Waals surface area contributed by atoms with Crippen molar-refractivity contribution >= 4 is 27.3 Å². The van der Waals surface area contributed by atoms with Gasteiger partial charge in [-0.1, -0.05) is 11.6 Å². The second-order valence-corrected chi connectivity index (χ2v) is 6.59. The van der Waals surface area contributed by atoms with Crippen LogP contribution < -0.4 is 9.46 Å². The highest BCUT2D eigenvalue weighted by Crippen LogP contribution is 2.24. The van der Waals surface area contributed by atoms with Crippen LogP contribution in [0.5, 0.6) is 5.75 Å². The van der Waals surface area contributed by atoms with Crippen molar-refractivity contribution < 1.29 is 13.2 Å². The summed E-state index contributed by atoms with van der Waals surface area (Å²) >= 11 is 5.78.